The van der Waals surface area contributed by atoms with Crippen molar-refractivity contribution < 1.29 is 0 Å². The summed E-state index contributed by atoms with van der Waals surface area (Å²) in [5.41, 5.74) is 6.59. The molecule has 0 unspecified atom stereocenters. The fourth-order valence-corrected chi connectivity index (χ4v) is 3.53. The first-order valence-corrected chi connectivity index (χ1v) is 8.84. The van der Waals surface area contributed by atoms with Crippen molar-refractivity contribution in [1.82, 2.24) is 0 Å². The maximum Gasteiger partial charge on any atom is 0.0513 e. The van der Waals surface area contributed by atoms with Crippen LogP contribution in [-0.2, 0) is 5.41 Å². The van der Waals surface area contributed by atoms with Gasteiger partial charge in [0.25, 0.3) is 0 Å². The Kier molecular flexibility index (Phi) is 5.58. The molecule has 24 heavy (non-hydrogen) atoms. The van der Waals surface area contributed by atoms with Crippen molar-refractivity contribution in [2.75, 3.05) is 0 Å². The van der Waals surface area contributed by atoms with Gasteiger partial charge in [0.15, 0.2) is 0 Å². The average Bonchev–Trinajstić information content (AvgIpc) is 2.48. The SMILES string of the molecule is C=C(C)c1c(-c2cc(S)ccc2C)cc(S)cc1C(C)(C)C#CC. The van der Waals surface area contributed by atoms with Gasteiger partial charge in [-0.05, 0) is 86.7 Å². The van der Waals surface area contributed by atoms with Gasteiger partial charge < -0.3 is 0 Å². The van der Waals surface area contributed by atoms with E-state index in [0.29, 0.717) is 0 Å². The minimum absolute atomic E-state index is 0.275. The molecule has 0 N–H and O–H groups in total. The Morgan fingerprint density at radius 3 is 2.25 bits per heavy atom. The van der Waals surface area contributed by atoms with Crippen LogP contribution in [0.4, 0.5) is 0 Å². The summed E-state index contributed by atoms with van der Waals surface area (Å²) in [6, 6.07) is 10.4. The van der Waals surface area contributed by atoms with Gasteiger partial charge in [-0.15, -0.1) is 31.2 Å². The highest BCUT2D eigenvalue weighted by Crippen LogP contribution is 2.40. The lowest BCUT2D eigenvalue weighted by molar-refractivity contribution is 0.693. The first kappa shape index (κ1) is 18.8. The van der Waals surface area contributed by atoms with Crippen LogP contribution in [-0.4, -0.2) is 0 Å². The van der Waals surface area contributed by atoms with E-state index < -0.39 is 0 Å². The molecule has 0 amide bonds. The van der Waals surface area contributed by atoms with Crippen molar-refractivity contribution >= 4 is 30.8 Å². The number of benzene rings is 2. The van der Waals surface area contributed by atoms with Crippen molar-refractivity contribution in [1.29, 1.82) is 0 Å². The minimum Gasteiger partial charge on any atom is -0.143 e. The van der Waals surface area contributed by atoms with Crippen molar-refractivity contribution in [2.24, 2.45) is 0 Å². The minimum atomic E-state index is -0.275. The van der Waals surface area contributed by atoms with Crippen LogP contribution in [0.5, 0.6) is 0 Å². The predicted octanol–water partition coefficient (Wildman–Crippen LogP) is 6.57. The molecule has 0 bridgehead atoms. The van der Waals surface area contributed by atoms with E-state index in [2.05, 4.69) is 95.6 Å². The van der Waals surface area contributed by atoms with Crippen LogP contribution in [0.2, 0.25) is 0 Å². The lowest BCUT2D eigenvalue weighted by atomic mass is 9.78. The topological polar surface area (TPSA) is 0 Å². The summed E-state index contributed by atoms with van der Waals surface area (Å²) in [6.07, 6.45) is 0. The van der Waals surface area contributed by atoms with E-state index in [1.165, 1.54) is 5.56 Å². The van der Waals surface area contributed by atoms with Gasteiger partial charge >= 0.3 is 0 Å². The number of aryl methyl sites for hydroxylation is 1. The number of rotatable bonds is 3. The Hall–Kier alpha value is -1.56. The van der Waals surface area contributed by atoms with Crippen LogP contribution in [0.1, 0.15) is 44.4 Å². The zero-order valence-corrected chi connectivity index (χ0v) is 16.8. The standard InChI is InChI=1S/C22H24S2/c1-7-10-22(5,6)20-13-17(24)12-19(21(20)14(2)3)18-11-16(23)9-8-15(18)4/h8-9,11-13,23-24H,2H2,1,3-6H3. The molecule has 0 aromatic heterocycles. The third-order valence-corrected chi connectivity index (χ3v) is 4.71. The van der Waals surface area contributed by atoms with E-state index in [9.17, 15) is 0 Å². The quantitative estimate of drug-likeness (QED) is 0.453. The summed E-state index contributed by atoms with van der Waals surface area (Å²) >= 11 is 9.17. The first-order valence-electron chi connectivity index (χ1n) is 7.94. The summed E-state index contributed by atoms with van der Waals surface area (Å²) in [5.74, 6) is 6.38. The van der Waals surface area contributed by atoms with Gasteiger partial charge in [0.2, 0.25) is 0 Å². The summed E-state index contributed by atoms with van der Waals surface area (Å²) in [4.78, 5) is 1.88. The zero-order valence-electron chi connectivity index (χ0n) is 15.0. The maximum atomic E-state index is 4.65. The van der Waals surface area contributed by atoms with E-state index in [1.54, 1.807) is 0 Å². The van der Waals surface area contributed by atoms with Gasteiger partial charge in [0.1, 0.15) is 0 Å². The highest BCUT2D eigenvalue weighted by molar-refractivity contribution is 7.80. The van der Waals surface area contributed by atoms with Crippen molar-refractivity contribution in [2.45, 2.75) is 49.8 Å². The number of thiol groups is 2. The zero-order chi connectivity index (χ0) is 18.1. The van der Waals surface area contributed by atoms with Gasteiger partial charge in [0.05, 0.1) is 5.41 Å². The Morgan fingerprint density at radius 2 is 1.67 bits per heavy atom. The summed E-state index contributed by atoms with van der Waals surface area (Å²) in [5, 5.41) is 0. The molecule has 2 aromatic carbocycles. The monoisotopic (exact) mass is 352 g/mol. The van der Waals surface area contributed by atoms with Gasteiger partial charge in [-0.2, -0.15) is 0 Å². The van der Waals surface area contributed by atoms with Crippen LogP contribution in [0.3, 0.4) is 0 Å². The molecule has 2 aromatic rings. The predicted molar refractivity (Wildman–Crippen MR) is 112 cm³/mol. The second-order valence-corrected chi connectivity index (χ2v) is 7.73. The fraction of sp³-hybridized carbons (Fsp3) is 0.273. The second-order valence-electron chi connectivity index (χ2n) is 6.70. The Bertz CT molecular complexity index is 862. The molecule has 2 rings (SSSR count). The lowest BCUT2D eigenvalue weighted by Gasteiger charge is -2.26. The fourth-order valence-electron chi connectivity index (χ4n) is 3.07. The number of allylic oxidation sites excluding steroid dienone is 1. The van der Waals surface area contributed by atoms with Crippen LogP contribution >= 0.6 is 25.3 Å². The Balaban J connectivity index is 2.91. The van der Waals surface area contributed by atoms with Crippen LogP contribution < -0.4 is 0 Å². The molecule has 0 saturated heterocycles. The van der Waals surface area contributed by atoms with Crippen LogP contribution in [0.15, 0.2) is 46.7 Å². The van der Waals surface area contributed by atoms with Crippen LogP contribution in [0, 0.1) is 18.8 Å². The molecular weight excluding hydrogens is 328 g/mol. The number of hydrogen-bond acceptors (Lipinski definition) is 2. The molecule has 2 heteroatoms. The number of hydrogen-bond donors (Lipinski definition) is 2. The Labute approximate surface area is 157 Å². The summed E-state index contributed by atoms with van der Waals surface area (Å²) in [6.45, 7) is 14.6. The normalized spacial score (nSPS) is 11.0. The molecular formula is C22H24S2. The lowest BCUT2D eigenvalue weighted by Crippen LogP contribution is -2.17. The van der Waals surface area contributed by atoms with Gasteiger partial charge in [-0.25, -0.2) is 0 Å². The van der Waals surface area contributed by atoms with Crippen molar-refractivity contribution in [3.63, 3.8) is 0 Å². The smallest absolute Gasteiger partial charge is 0.0513 e. The molecule has 0 fully saturated rings. The van der Waals surface area contributed by atoms with E-state index in [1.807, 2.05) is 13.0 Å². The van der Waals surface area contributed by atoms with Gasteiger partial charge in [-0.1, -0.05) is 24.1 Å². The summed E-state index contributed by atoms with van der Waals surface area (Å²) in [7, 11) is 0. The molecule has 0 nitrogen and oxygen atoms in total. The molecule has 0 radical (unpaired) electrons. The molecule has 0 heterocycles. The first-order chi connectivity index (χ1) is 11.2. The van der Waals surface area contributed by atoms with E-state index in [0.717, 1.165) is 37.6 Å². The van der Waals surface area contributed by atoms with Gasteiger partial charge in [-0.3, -0.25) is 0 Å². The molecule has 0 aliphatic carbocycles. The maximum absolute atomic E-state index is 4.65. The second kappa shape index (κ2) is 7.13. The molecule has 0 aliphatic rings. The van der Waals surface area contributed by atoms with Crippen molar-refractivity contribution in [3.8, 4) is 23.0 Å². The van der Waals surface area contributed by atoms with Crippen molar-refractivity contribution in [3.05, 3.63) is 53.6 Å². The third-order valence-electron chi connectivity index (χ3n) is 4.17. The highest BCUT2D eigenvalue weighted by Gasteiger charge is 2.25. The largest absolute Gasteiger partial charge is 0.143 e. The van der Waals surface area contributed by atoms with E-state index in [4.69, 9.17) is 0 Å². The molecule has 124 valence electrons. The van der Waals surface area contributed by atoms with E-state index >= 15 is 0 Å². The molecule has 0 saturated carbocycles. The molecule has 0 spiro atoms. The van der Waals surface area contributed by atoms with Gasteiger partial charge in [0, 0.05) is 9.79 Å². The summed E-state index contributed by atoms with van der Waals surface area (Å²) < 4.78 is 0. The molecule has 0 atom stereocenters. The Morgan fingerprint density at radius 1 is 1.04 bits per heavy atom. The molecule has 0 aliphatic heterocycles. The van der Waals surface area contributed by atoms with Crippen LogP contribution in [0.25, 0.3) is 16.7 Å². The van der Waals surface area contributed by atoms with E-state index in [-0.39, 0.29) is 5.41 Å². The highest BCUT2D eigenvalue weighted by atomic mass is 32.1. The average molecular weight is 353 g/mol. The third kappa shape index (κ3) is 3.74.